The van der Waals surface area contributed by atoms with Gasteiger partial charge in [-0.1, -0.05) is 12.1 Å². The van der Waals surface area contributed by atoms with Gasteiger partial charge in [-0.15, -0.1) is 0 Å². The lowest BCUT2D eigenvalue weighted by Gasteiger charge is -2.25. The number of carbonyl (C=O) groups is 1. The molecule has 2 aromatic heterocycles. The van der Waals surface area contributed by atoms with Crippen LogP contribution in [0.5, 0.6) is 17.2 Å². The van der Waals surface area contributed by atoms with E-state index >= 15 is 0 Å². The van der Waals surface area contributed by atoms with E-state index in [1.54, 1.807) is 56.6 Å². The first-order chi connectivity index (χ1) is 17.9. The zero-order valence-corrected chi connectivity index (χ0v) is 21.6. The van der Waals surface area contributed by atoms with Crippen LogP contribution in [0.15, 0.2) is 59.2 Å². The summed E-state index contributed by atoms with van der Waals surface area (Å²) in [6.45, 7) is 0.647. The van der Waals surface area contributed by atoms with Crippen LogP contribution in [0.4, 0.5) is 10.2 Å². The number of carbonyl (C=O) groups excluding carboxylic acids is 1. The highest BCUT2D eigenvalue weighted by Crippen LogP contribution is 2.44. The fourth-order valence-electron chi connectivity index (χ4n) is 4.26. The summed E-state index contributed by atoms with van der Waals surface area (Å²) in [4.78, 5) is 21.9. The smallest absolute Gasteiger partial charge is 0.289 e. The lowest BCUT2D eigenvalue weighted by Crippen LogP contribution is -2.33. The largest absolute Gasteiger partial charge is 0.493 e. The molecule has 0 bridgehead atoms. The lowest BCUT2D eigenvalue weighted by atomic mass is 10.1. The van der Waals surface area contributed by atoms with Gasteiger partial charge in [-0.25, -0.2) is 9.37 Å². The predicted octanol–water partition coefficient (Wildman–Crippen LogP) is 4.94. The van der Waals surface area contributed by atoms with E-state index in [0.29, 0.717) is 41.5 Å². The van der Waals surface area contributed by atoms with Crippen LogP contribution in [0.25, 0.3) is 10.9 Å². The van der Waals surface area contributed by atoms with Crippen molar-refractivity contribution in [3.8, 4) is 17.2 Å². The fourth-order valence-corrected chi connectivity index (χ4v) is 4.26. The van der Waals surface area contributed by atoms with Crippen molar-refractivity contribution in [2.75, 3.05) is 46.9 Å². The van der Waals surface area contributed by atoms with Crippen molar-refractivity contribution in [1.29, 1.82) is 0 Å². The summed E-state index contributed by atoms with van der Waals surface area (Å²) in [7, 11) is 8.46. The Morgan fingerprint density at radius 3 is 2.32 bits per heavy atom. The Kier molecular flexibility index (Phi) is 7.81. The van der Waals surface area contributed by atoms with Crippen molar-refractivity contribution in [3.05, 3.63) is 77.5 Å². The predicted molar refractivity (Wildman–Crippen MR) is 139 cm³/mol. The van der Waals surface area contributed by atoms with Gasteiger partial charge >= 0.3 is 0 Å². The van der Waals surface area contributed by atoms with E-state index in [4.69, 9.17) is 23.6 Å². The third-order valence-corrected chi connectivity index (χ3v) is 6.07. The molecule has 0 saturated heterocycles. The first-order valence-electron chi connectivity index (χ1n) is 11.7. The molecule has 1 amide bonds. The summed E-state index contributed by atoms with van der Waals surface area (Å²) >= 11 is 0. The van der Waals surface area contributed by atoms with Gasteiger partial charge in [-0.3, -0.25) is 4.79 Å². The highest BCUT2D eigenvalue weighted by atomic mass is 19.1. The topological polar surface area (TPSA) is 77.3 Å². The molecule has 9 heteroatoms. The molecule has 4 aromatic rings. The Balaban J connectivity index is 1.77. The van der Waals surface area contributed by atoms with Crippen molar-refractivity contribution in [3.63, 3.8) is 0 Å². The second-order valence-electron chi connectivity index (χ2n) is 8.66. The second kappa shape index (κ2) is 11.2. The van der Waals surface area contributed by atoms with Crippen LogP contribution in [0.1, 0.15) is 21.7 Å². The number of furan rings is 1. The van der Waals surface area contributed by atoms with E-state index in [9.17, 15) is 9.18 Å². The van der Waals surface area contributed by atoms with Gasteiger partial charge in [0, 0.05) is 44.2 Å². The Morgan fingerprint density at radius 2 is 1.73 bits per heavy atom. The van der Waals surface area contributed by atoms with Crippen LogP contribution in [-0.4, -0.2) is 57.8 Å². The monoisotopic (exact) mass is 507 g/mol. The fraction of sp³-hybridized carbons (Fsp3) is 0.286. The van der Waals surface area contributed by atoms with E-state index in [1.807, 2.05) is 25.1 Å². The number of fused-ring (bicyclic) bond motifs is 1. The molecule has 0 aliphatic carbocycles. The van der Waals surface area contributed by atoms with Crippen molar-refractivity contribution < 1.29 is 27.8 Å². The number of halogens is 1. The summed E-state index contributed by atoms with van der Waals surface area (Å²) in [5, 5.41) is 0.727. The number of amides is 1. The van der Waals surface area contributed by atoms with Gasteiger partial charge in [-0.2, -0.15) is 0 Å². The number of ether oxygens (including phenoxy) is 3. The average Bonchev–Trinajstić information content (AvgIpc) is 3.45. The van der Waals surface area contributed by atoms with E-state index in [-0.39, 0.29) is 24.0 Å². The first kappa shape index (κ1) is 25.8. The molecule has 0 unspecified atom stereocenters. The molecule has 2 aromatic carbocycles. The Labute approximate surface area is 215 Å². The van der Waals surface area contributed by atoms with Gasteiger partial charge in [0.1, 0.15) is 11.6 Å². The standard InChI is InChI=1S/C28H30FN3O5/c1-31(2)27-19(15-21-22(30-27)16-24(34-3)26(36-5)25(21)35-4)17-32(28(33)23-7-6-14-37-23)13-12-18-8-10-20(29)11-9-18/h6-11,14-16H,12-13,17H2,1-5H3. The van der Waals surface area contributed by atoms with E-state index in [2.05, 4.69) is 0 Å². The molecule has 0 N–H and O–H groups in total. The minimum absolute atomic E-state index is 0.239. The first-order valence-corrected chi connectivity index (χ1v) is 11.7. The third kappa shape index (κ3) is 5.45. The summed E-state index contributed by atoms with van der Waals surface area (Å²) in [5.74, 6) is 1.84. The molecule has 0 radical (unpaired) electrons. The number of nitrogens with zero attached hydrogens (tertiary/aromatic N) is 3. The Morgan fingerprint density at radius 1 is 1.00 bits per heavy atom. The number of aromatic nitrogens is 1. The molecule has 2 heterocycles. The van der Waals surface area contributed by atoms with Crippen LogP contribution in [0, 0.1) is 5.82 Å². The van der Waals surface area contributed by atoms with E-state index < -0.39 is 0 Å². The van der Waals surface area contributed by atoms with Crippen molar-refractivity contribution >= 4 is 22.6 Å². The maximum absolute atomic E-state index is 13.4. The number of rotatable bonds is 10. The minimum atomic E-state index is -0.300. The average molecular weight is 508 g/mol. The molecule has 0 atom stereocenters. The van der Waals surface area contributed by atoms with Gasteiger partial charge in [0.15, 0.2) is 17.3 Å². The summed E-state index contributed by atoms with van der Waals surface area (Å²) in [5.41, 5.74) is 2.39. The van der Waals surface area contributed by atoms with Crippen molar-refractivity contribution in [1.82, 2.24) is 9.88 Å². The molecule has 4 rings (SSSR count). The Hall–Kier alpha value is -4.27. The SMILES string of the molecule is COc1cc2nc(N(C)C)c(CN(CCc3ccc(F)cc3)C(=O)c3ccco3)cc2c(OC)c1OC. The number of methoxy groups -OCH3 is 3. The summed E-state index contributed by atoms with van der Waals surface area (Å²) in [6, 6.07) is 13.3. The second-order valence-corrected chi connectivity index (χ2v) is 8.66. The molecule has 0 aliphatic rings. The third-order valence-electron chi connectivity index (χ3n) is 6.07. The number of hydrogen-bond donors (Lipinski definition) is 0. The molecule has 0 fully saturated rings. The zero-order valence-electron chi connectivity index (χ0n) is 21.6. The highest BCUT2D eigenvalue weighted by Gasteiger charge is 2.24. The molecular formula is C28H30FN3O5. The summed E-state index contributed by atoms with van der Waals surface area (Å²) in [6.07, 6.45) is 2.01. The maximum Gasteiger partial charge on any atom is 0.289 e. The minimum Gasteiger partial charge on any atom is -0.493 e. The number of benzene rings is 2. The van der Waals surface area contributed by atoms with E-state index in [0.717, 1.165) is 16.5 Å². The van der Waals surface area contributed by atoms with Crippen molar-refractivity contribution in [2.24, 2.45) is 0 Å². The number of anilines is 1. The van der Waals surface area contributed by atoms with Crippen LogP contribution >= 0.6 is 0 Å². The summed E-state index contributed by atoms with van der Waals surface area (Å²) < 4.78 is 35.5. The van der Waals surface area contributed by atoms with Gasteiger partial charge in [0.25, 0.3) is 5.91 Å². The molecule has 0 saturated carbocycles. The van der Waals surface area contributed by atoms with Gasteiger partial charge < -0.3 is 28.4 Å². The van der Waals surface area contributed by atoms with Crippen LogP contribution < -0.4 is 19.1 Å². The normalized spacial score (nSPS) is 10.9. The Bertz CT molecular complexity index is 1370. The number of hydrogen-bond acceptors (Lipinski definition) is 7. The molecule has 37 heavy (non-hydrogen) atoms. The molecule has 194 valence electrons. The molecular weight excluding hydrogens is 477 g/mol. The van der Waals surface area contributed by atoms with E-state index in [1.165, 1.54) is 18.4 Å². The van der Waals surface area contributed by atoms with Crippen LogP contribution in [0.2, 0.25) is 0 Å². The lowest BCUT2D eigenvalue weighted by molar-refractivity contribution is 0.0713. The van der Waals surface area contributed by atoms with Crippen LogP contribution in [-0.2, 0) is 13.0 Å². The number of pyridine rings is 1. The quantitative estimate of drug-likeness (QED) is 0.301. The maximum atomic E-state index is 13.4. The highest BCUT2D eigenvalue weighted by molar-refractivity contribution is 5.93. The molecule has 8 nitrogen and oxygen atoms in total. The van der Waals surface area contributed by atoms with Crippen LogP contribution in [0.3, 0.4) is 0 Å². The van der Waals surface area contributed by atoms with Crippen molar-refractivity contribution in [2.45, 2.75) is 13.0 Å². The zero-order chi connectivity index (χ0) is 26.5. The van der Waals surface area contributed by atoms with Gasteiger partial charge in [-0.05, 0) is 42.3 Å². The van der Waals surface area contributed by atoms with Gasteiger partial charge in [0.2, 0.25) is 5.75 Å². The van der Waals surface area contributed by atoms with Gasteiger partial charge in [0.05, 0.1) is 33.1 Å². The molecule has 0 aliphatic heterocycles. The molecule has 0 spiro atoms.